The molecule has 0 aliphatic carbocycles. The summed E-state index contributed by atoms with van der Waals surface area (Å²) in [5.74, 6) is 0.202. The number of carbonyl (C=O) groups excluding carboxylic acids is 1. The lowest BCUT2D eigenvalue weighted by Gasteiger charge is -2.37. The Morgan fingerprint density at radius 2 is 2.00 bits per heavy atom. The summed E-state index contributed by atoms with van der Waals surface area (Å²) >= 11 is 1.61. The highest BCUT2D eigenvalue weighted by molar-refractivity contribution is 7.07. The molecule has 1 aliphatic heterocycles. The van der Waals surface area contributed by atoms with E-state index in [2.05, 4.69) is 0 Å². The van der Waals surface area contributed by atoms with Crippen LogP contribution in [-0.2, 0) is 22.4 Å². The van der Waals surface area contributed by atoms with Crippen molar-refractivity contribution in [2.45, 2.75) is 31.7 Å². The van der Waals surface area contributed by atoms with Gasteiger partial charge in [-0.05, 0) is 58.5 Å². The zero-order chi connectivity index (χ0) is 19.4. The molecule has 0 spiro atoms. The van der Waals surface area contributed by atoms with Crippen LogP contribution in [0.15, 0.2) is 29.0 Å². The van der Waals surface area contributed by atoms with Crippen LogP contribution in [0.1, 0.15) is 35.6 Å². The van der Waals surface area contributed by atoms with Crippen molar-refractivity contribution in [3.8, 4) is 11.5 Å². The molecule has 1 N–H and O–H groups in total. The van der Waals surface area contributed by atoms with Crippen LogP contribution in [0, 0.1) is 0 Å². The second-order valence-electron chi connectivity index (χ2n) is 6.49. The number of carboxylic acids is 1. The summed E-state index contributed by atoms with van der Waals surface area (Å²) in [4.78, 5) is 26.0. The molecule has 1 atom stereocenters. The quantitative estimate of drug-likeness (QED) is 0.786. The zero-order valence-electron chi connectivity index (χ0n) is 15.4. The molecule has 1 unspecified atom stereocenters. The smallest absolute Gasteiger partial charge is 0.305 e. The van der Waals surface area contributed by atoms with Gasteiger partial charge in [-0.2, -0.15) is 11.3 Å². The highest BCUT2D eigenvalue weighted by Crippen LogP contribution is 2.39. The van der Waals surface area contributed by atoms with E-state index < -0.39 is 12.0 Å². The van der Waals surface area contributed by atoms with Crippen molar-refractivity contribution in [2.24, 2.45) is 0 Å². The number of fused-ring (bicyclic) bond motifs is 1. The van der Waals surface area contributed by atoms with E-state index in [1.165, 1.54) is 0 Å². The second kappa shape index (κ2) is 8.43. The summed E-state index contributed by atoms with van der Waals surface area (Å²) in [6.07, 6.45) is 1.57. The Hall–Kier alpha value is -2.54. The van der Waals surface area contributed by atoms with Crippen LogP contribution in [0.3, 0.4) is 0 Å². The van der Waals surface area contributed by atoms with E-state index in [4.69, 9.17) is 9.47 Å². The molecule has 2 aromatic rings. The molecule has 1 amide bonds. The monoisotopic (exact) mass is 389 g/mol. The lowest BCUT2D eigenvalue weighted by molar-refractivity contribution is -0.141. The maximum absolute atomic E-state index is 12.9. The third-order valence-electron chi connectivity index (χ3n) is 4.90. The van der Waals surface area contributed by atoms with Crippen molar-refractivity contribution in [2.75, 3.05) is 20.8 Å². The van der Waals surface area contributed by atoms with Gasteiger partial charge in [0.15, 0.2) is 11.5 Å². The van der Waals surface area contributed by atoms with Gasteiger partial charge in [-0.25, -0.2) is 0 Å². The molecule has 0 fully saturated rings. The van der Waals surface area contributed by atoms with Gasteiger partial charge >= 0.3 is 5.97 Å². The number of methoxy groups -OCH3 is 2. The number of rotatable bonds is 7. The van der Waals surface area contributed by atoms with E-state index >= 15 is 0 Å². The van der Waals surface area contributed by atoms with Gasteiger partial charge in [0, 0.05) is 13.0 Å². The van der Waals surface area contributed by atoms with Gasteiger partial charge in [0.05, 0.1) is 26.7 Å². The van der Waals surface area contributed by atoms with Gasteiger partial charge in [0.1, 0.15) is 0 Å². The summed E-state index contributed by atoms with van der Waals surface area (Å²) in [7, 11) is 3.12. The number of thiophene rings is 1. The van der Waals surface area contributed by atoms with E-state index in [1.54, 1.807) is 36.5 Å². The van der Waals surface area contributed by atoms with Gasteiger partial charge in [0.2, 0.25) is 5.91 Å². The first kappa shape index (κ1) is 19.2. The minimum Gasteiger partial charge on any atom is -0.493 e. The first-order valence-electron chi connectivity index (χ1n) is 8.80. The van der Waals surface area contributed by atoms with Crippen LogP contribution < -0.4 is 9.47 Å². The summed E-state index contributed by atoms with van der Waals surface area (Å²) in [6.45, 7) is 0.503. The molecule has 6 nitrogen and oxygen atoms in total. The zero-order valence-corrected chi connectivity index (χ0v) is 16.3. The number of carboxylic acid groups (broad SMARTS) is 1. The van der Waals surface area contributed by atoms with Crippen molar-refractivity contribution in [3.05, 3.63) is 45.6 Å². The fourth-order valence-electron chi connectivity index (χ4n) is 3.54. The Labute approximate surface area is 162 Å². The molecule has 2 heterocycles. The van der Waals surface area contributed by atoms with Crippen LogP contribution in [0.5, 0.6) is 11.5 Å². The second-order valence-corrected chi connectivity index (χ2v) is 7.27. The molecule has 144 valence electrons. The van der Waals surface area contributed by atoms with Crippen LogP contribution in [0.4, 0.5) is 0 Å². The van der Waals surface area contributed by atoms with Crippen molar-refractivity contribution in [3.63, 3.8) is 0 Å². The number of ether oxygens (including phenoxy) is 2. The summed E-state index contributed by atoms with van der Waals surface area (Å²) in [5.41, 5.74) is 2.96. The fraction of sp³-hybridized carbons (Fsp3) is 0.400. The lowest BCUT2D eigenvalue weighted by atomic mass is 9.89. The number of benzene rings is 1. The van der Waals surface area contributed by atoms with Gasteiger partial charge in [0.25, 0.3) is 0 Å². The Bertz CT molecular complexity index is 818. The number of hydrogen-bond acceptors (Lipinski definition) is 5. The Kier molecular flexibility index (Phi) is 6.01. The van der Waals surface area contributed by atoms with E-state index in [0.29, 0.717) is 37.3 Å². The number of hydrogen-bond donors (Lipinski definition) is 1. The highest BCUT2D eigenvalue weighted by Gasteiger charge is 2.33. The SMILES string of the molecule is COc1cc2c(cc1OC)C(CC(=O)O)N(C(=O)CCc1ccsc1)CC2. The number of aliphatic carboxylic acids is 1. The molecule has 3 rings (SSSR count). The summed E-state index contributed by atoms with van der Waals surface area (Å²) in [6, 6.07) is 5.20. The molecular formula is C20H23NO5S. The van der Waals surface area contributed by atoms with Crippen molar-refractivity contribution in [1.29, 1.82) is 0 Å². The first-order valence-corrected chi connectivity index (χ1v) is 9.75. The van der Waals surface area contributed by atoms with Crippen molar-refractivity contribution < 1.29 is 24.2 Å². The Morgan fingerprint density at radius 3 is 2.63 bits per heavy atom. The normalized spacial score (nSPS) is 15.9. The predicted octanol–water partition coefficient (Wildman–Crippen LogP) is 3.30. The molecule has 0 radical (unpaired) electrons. The average molecular weight is 389 g/mol. The molecule has 0 bridgehead atoms. The van der Waals surface area contributed by atoms with Crippen molar-refractivity contribution >= 4 is 23.2 Å². The van der Waals surface area contributed by atoms with Gasteiger partial charge in [-0.15, -0.1) is 0 Å². The Balaban J connectivity index is 1.87. The van der Waals surface area contributed by atoms with Crippen LogP contribution in [-0.4, -0.2) is 42.6 Å². The first-order chi connectivity index (χ1) is 13.0. The van der Waals surface area contributed by atoms with Gasteiger partial charge in [-0.1, -0.05) is 0 Å². The molecular weight excluding hydrogens is 366 g/mol. The molecule has 1 aromatic carbocycles. The summed E-state index contributed by atoms with van der Waals surface area (Å²) < 4.78 is 10.7. The number of aryl methyl sites for hydroxylation is 1. The lowest BCUT2D eigenvalue weighted by Crippen LogP contribution is -2.41. The van der Waals surface area contributed by atoms with Crippen molar-refractivity contribution in [1.82, 2.24) is 4.90 Å². The third kappa shape index (κ3) is 4.24. The number of amides is 1. The van der Waals surface area contributed by atoms with E-state index in [0.717, 1.165) is 16.7 Å². The van der Waals surface area contributed by atoms with Crippen LogP contribution >= 0.6 is 11.3 Å². The maximum Gasteiger partial charge on any atom is 0.305 e. The minimum absolute atomic E-state index is 0.0205. The predicted molar refractivity (Wildman–Crippen MR) is 103 cm³/mol. The largest absolute Gasteiger partial charge is 0.493 e. The molecule has 27 heavy (non-hydrogen) atoms. The van der Waals surface area contributed by atoms with Gasteiger partial charge in [-0.3, -0.25) is 9.59 Å². The molecule has 0 saturated heterocycles. The molecule has 1 aliphatic rings. The highest BCUT2D eigenvalue weighted by atomic mass is 32.1. The van der Waals surface area contributed by atoms with E-state index in [1.807, 2.05) is 22.9 Å². The topological polar surface area (TPSA) is 76.1 Å². The third-order valence-corrected chi connectivity index (χ3v) is 5.63. The number of nitrogens with zero attached hydrogens (tertiary/aromatic N) is 1. The minimum atomic E-state index is -0.932. The molecule has 0 saturated carbocycles. The van der Waals surface area contributed by atoms with E-state index in [9.17, 15) is 14.7 Å². The Morgan fingerprint density at radius 1 is 1.26 bits per heavy atom. The molecule has 1 aromatic heterocycles. The fourth-order valence-corrected chi connectivity index (χ4v) is 4.25. The van der Waals surface area contributed by atoms with E-state index in [-0.39, 0.29) is 12.3 Å². The standard InChI is InChI=1S/C20H23NO5S/c1-25-17-9-14-5-7-21(19(22)4-3-13-6-8-27-12-13)16(11-20(23)24)15(14)10-18(17)26-2/h6,8-10,12,16H,3-5,7,11H2,1-2H3,(H,23,24). The van der Waals surface area contributed by atoms with Gasteiger partial charge < -0.3 is 19.5 Å². The molecule has 7 heteroatoms. The van der Waals surface area contributed by atoms with Crippen LogP contribution in [0.2, 0.25) is 0 Å². The number of carbonyl (C=O) groups is 2. The summed E-state index contributed by atoms with van der Waals surface area (Å²) in [5, 5.41) is 13.4. The van der Waals surface area contributed by atoms with Crippen LogP contribution in [0.25, 0.3) is 0 Å². The maximum atomic E-state index is 12.9. The average Bonchev–Trinajstić information content (AvgIpc) is 3.18.